The molecule has 2 aromatic rings. The molecule has 26 heavy (non-hydrogen) atoms. The number of nitrogens with zero attached hydrogens (tertiary/aromatic N) is 6. The number of hydrogen-bond acceptors (Lipinski definition) is 6. The SMILES string of the molecule is Cc1cc(N(C2CC2)C2CCN(c3ccnc(C4CC4)n3)CC2)ncn1. The van der Waals surface area contributed by atoms with Crippen molar-refractivity contribution in [1.29, 1.82) is 0 Å². The second kappa shape index (κ2) is 6.49. The van der Waals surface area contributed by atoms with Gasteiger partial charge in [-0.05, 0) is 51.5 Å². The van der Waals surface area contributed by atoms with Crippen molar-refractivity contribution in [3.63, 3.8) is 0 Å². The van der Waals surface area contributed by atoms with Gasteiger partial charge in [0.1, 0.15) is 23.8 Å². The van der Waals surface area contributed by atoms with Crippen molar-refractivity contribution >= 4 is 11.6 Å². The van der Waals surface area contributed by atoms with Gasteiger partial charge in [-0.25, -0.2) is 19.9 Å². The molecule has 0 bridgehead atoms. The molecule has 3 fully saturated rings. The molecule has 6 nitrogen and oxygen atoms in total. The molecule has 3 heterocycles. The van der Waals surface area contributed by atoms with Gasteiger partial charge in [-0.1, -0.05) is 0 Å². The summed E-state index contributed by atoms with van der Waals surface area (Å²) in [5.41, 5.74) is 1.05. The van der Waals surface area contributed by atoms with Crippen molar-refractivity contribution in [2.45, 2.75) is 63.5 Å². The summed E-state index contributed by atoms with van der Waals surface area (Å²) in [5, 5.41) is 0. The number of piperidine rings is 1. The summed E-state index contributed by atoms with van der Waals surface area (Å²) in [6.07, 6.45) is 11.0. The highest BCUT2D eigenvalue weighted by Gasteiger charge is 2.37. The highest BCUT2D eigenvalue weighted by Crippen LogP contribution is 2.39. The van der Waals surface area contributed by atoms with Gasteiger partial charge in [0.25, 0.3) is 0 Å². The molecule has 2 aliphatic carbocycles. The first-order valence-electron chi connectivity index (χ1n) is 9.93. The van der Waals surface area contributed by atoms with Crippen molar-refractivity contribution in [3.8, 4) is 0 Å². The molecule has 6 heteroatoms. The zero-order valence-electron chi connectivity index (χ0n) is 15.4. The Labute approximate surface area is 154 Å². The van der Waals surface area contributed by atoms with E-state index >= 15 is 0 Å². The van der Waals surface area contributed by atoms with Crippen LogP contribution in [0.4, 0.5) is 11.6 Å². The number of rotatable bonds is 5. The van der Waals surface area contributed by atoms with E-state index < -0.39 is 0 Å². The molecular weight excluding hydrogens is 324 g/mol. The van der Waals surface area contributed by atoms with Gasteiger partial charge in [0, 0.05) is 49.0 Å². The number of hydrogen-bond donors (Lipinski definition) is 0. The van der Waals surface area contributed by atoms with Crippen molar-refractivity contribution in [2.24, 2.45) is 0 Å². The van der Waals surface area contributed by atoms with Crippen LogP contribution >= 0.6 is 0 Å². The fraction of sp³-hybridized carbons (Fsp3) is 0.600. The van der Waals surface area contributed by atoms with Gasteiger partial charge >= 0.3 is 0 Å². The van der Waals surface area contributed by atoms with Gasteiger partial charge < -0.3 is 9.80 Å². The minimum absolute atomic E-state index is 0.567. The van der Waals surface area contributed by atoms with Crippen molar-refractivity contribution in [3.05, 3.63) is 36.2 Å². The topological polar surface area (TPSA) is 58.0 Å². The highest BCUT2D eigenvalue weighted by molar-refractivity contribution is 5.45. The second-order valence-corrected chi connectivity index (χ2v) is 7.92. The van der Waals surface area contributed by atoms with Crippen LogP contribution in [0.25, 0.3) is 0 Å². The van der Waals surface area contributed by atoms with Crippen LogP contribution in [0.15, 0.2) is 24.7 Å². The number of anilines is 2. The zero-order chi connectivity index (χ0) is 17.5. The lowest BCUT2D eigenvalue weighted by molar-refractivity contribution is 0.457. The standard InChI is InChI=1S/C20H26N6/c1-14-12-19(23-13-22-14)26(16-4-5-16)17-7-10-25(11-8-17)18-6-9-21-20(24-18)15-2-3-15/h6,9,12-13,15-17H,2-5,7-8,10-11H2,1H3. The highest BCUT2D eigenvalue weighted by atomic mass is 15.3. The summed E-state index contributed by atoms with van der Waals surface area (Å²) >= 11 is 0. The third kappa shape index (κ3) is 3.24. The monoisotopic (exact) mass is 350 g/mol. The minimum Gasteiger partial charge on any atom is -0.356 e. The van der Waals surface area contributed by atoms with Crippen LogP contribution in [0, 0.1) is 6.92 Å². The van der Waals surface area contributed by atoms with E-state index in [0.29, 0.717) is 18.0 Å². The maximum atomic E-state index is 4.83. The van der Waals surface area contributed by atoms with E-state index in [2.05, 4.69) is 36.9 Å². The van der Waals surface area contributed by atoms with Gasteiger partial charge in [0.05, 0.1) is 0 Å². The largest absolute Gasteiger partial charge is 0.356 e. The van der Waals surface area contributed by atoms with E-state index in [1.54, 1.807) is 6.33 Å². The van der Waals surface area contributed by atoms with E-state index in [9.17, 15) is 0 Å². The van der Waals surface area contributed by atoms with Crippen LogP contribution in [0.3, 0.4) is 0 Å². The van der Waals surface area contributed by atoms with E-state index in [1.807, 2.05) is 13.1 Å². The van der Waals surface area contributed by atoms with Crippen LogP contribution in [0.1, 0.15) is 56.0 Å². The predicted molar refractivity (Wildman–Crippen MR) is 102 cm³/mol. The van der Waals surface area contributed by atoms with E-state index in [-0.39, 0.29) is 0 Å². The third-order valence-electron chi connectivity index (χ3n) is 5.78. The summed E-state index contributed by atoms with van der Waals surface area (Å²) in [7, 11) is 0. The average Bonchev–Trinajstić information content (AvgIpc) is 3.56. The van der Waals surface area contributed by atoms with Crippen molar-refractivity contribution < 1.29 is 0 Å². The number of aryl methyl sites for hydroxylation is 1. The summed E-state index contributed by atoms with van der Waals surface area (Å²) in [5.74, 6) is 3.87. The first-order chi connectivity index (χ1) is 12.8. The summed E-state index contributed by atoms with van der Waals surface area (Å²) < 4.78 is 0. The molecule has 0 aromatic carbocycles. The molecule has 0 atom stereocenters. The summed E-state index contributed by atoms with van der Waals surface area (Å²) in [6, 6.07) is 5.44. The second-order valence-electron chi connectivity index (χ2n) is 7.92. The van der Waals surface area contributed by atoms with E-state index in [0.717, 1.165) is 49.1 Å². The van der Waals surface area contributed by atoms with E-state index in [4.69, 9.17) is 4.98 Å². The van der Waals surface area contributed by atoms with Gasteiger partial charge in [-0.3, -0.25) is 0 Å². The quantitative estimate of drug-likeness (QED) is 0.826. The van der Waals surface area contributed by atoms with Crippen LogP contribution in [0.5, 0.6) is 0 Å². The first-order valence-corrected chi connectivity index (χ1v) is 9.93. The molecule has 2 aromatic heterocycles. The van der Waals surface area contributed by atoms with Gasteiger partial charge in [-0.2, -0.15) is 0 Å². The van der Waals surface area contributed by atoms with Crippen LogP contribution in [0.2, 0.25) is 0 Å². The molecule has 1 aliphatic heterocycles. The Morgan fingerprint density at radius 3 is 2.42 bits per heavy atom. The molecule has 1 saturated heterocycles. The van der Waals surface area contributed by atoms with Gasteiger partial charge in [-0.15, -0.1) is 0 Å². The number of aromatic nitrogens is 4. The van der Waals surface area contributed by atoms with Crippen molar-refractivity contribution in [2.75, 3.05) is 22.9 Å². The fourth-order valence-electron chi connectivity index (χ4n) is 4.06. The Morgan fingerprint density at radius 1 is 0.962 bits per heavy atom. The van der Waals surface area contributed by atoms with Crippen molar-refractivity contribution in [1.82, 2.24) is 19.9 Å². The lowest BCUT2D eigenvalue weighted by Gasteiger charge is -2.40. The Hall–Kier alpha value is -2.24. The van der Waals surface area contributed by atoms with Gasteiger partial charge in [0.2, 0.25) is 0 Å². The Balaban J connectivity index is 1.29. The summed E-state index contributed by atoms with van der Waals surface area (Å²) in [4.78, 5) is 23.1. The molecule has 136 valence electrons. The maximum Gasteiger partial charge on any atom is 0.133 e. The molecule has 0 N–H and O–H groups in total. The summed E-state index contributed by atoms with van der Waals surface area (Å²) in [6.45, 7) is 4.16. The predicted octanol–water partition coefficient (Wildman–Crippen LogP) is 3.09. The van der Waals surface area contributed by atoms with Crippen LogP contribution < -0.4 is 9.80 Å². The first kappa shape index (κ1) is 16.0. The third-order valence-corrected chi connectivity index (χ3v) is 5.78. The van der Waals surface area contributed by atoms with E-state index in [1.165, 1.54) is 25.7 Å². The fourth-order valence-corrected chi connectivity index (χ4v) is 4.06. The molecule has 0 amide bonds. The van der Waals surface area contributed by atoms with Crippen LogP contribution in [-0.4, -0.2) is 45.1 Å². The smallest absolute Gasteiger partial charge is 0.133 e. The lowest BCUT2D eigenvalue weighted by Crippen LogP contribution is -2.46. The Bertz CT molecular complexity index is 777. The minimum atomic E-state index is 0.567. The molecule has 2 saturated carbocycles. The normalized spacial score (nSPS) is 21.0. The Morgan fingerprint density at radius 2 is 1.73 bits per heavy atom. The molecule has 0 unspecified atom stereocenters. The lowest BCUT2D eigenvalue weighted by atomic mass is 10.0. The average molecular weight is 350 g/mol. The molecule has 3 aliphatic rings. The molecular formula is C20H26N6. The molecule has 0 spiro atoms. The van der Waals surface area contributed by atoms with Gasteiger partial charge in [0.15, 0.2) is 0 Å². The van der Waals surface area contributed by atoms with Crippen LogP contribution in [-0.2, 0) is 0 Å². The Kier molecular flexibility index (Phi) is 3.98. The molecule has 5 rings (SSSR count). The zero-order valence-corrected chi connectivity index (χ0v) is 15.4. The maximum absolute atomic E-state index is 4.83. The molecule has 0 radical (unpaired) electrons.